The molecule has 0 amide bonds. The maximum atomic E-state index is 8.73. The highest BCUT2D eigenvalue weighted by molar-refractivity contribution is 5.89. The van der Waals surface area contributed by atoms with Crippen molar-refractivity contribution in [3.63, 3.8) is 0 Å². The van der Waals surface area contributed by atoms with E-state index in [1.165, 1.54) is 12.8 Å². The molecule has 0 bridgehead atoms. The van der Waals surface area contributed by atoms with Crippen LogP contribution in [0, 0.1) is 11.3 Å². The number of hydrogen-bond donors (Lipinski definition) is 1. The summed E-state index contributed by atoms with van der Waals surface area (Å²) in [7, 11) is 0. The van der Waals surface area contributed by atoms with Crippen molar-refractivity contribution in [2.45, 2.75) is 40.0 Å². The summed E-state index contributed by atoms with van der Waals surface area (Å²) >= 11 is 0. The molecule has 1 N–H and O–H groups in total. The fraction of sp³-hybridized carbons (Fsp3) is 0.889. The van der Waals surface area contributed by atoms with Gasteiger partial charge in [0, 0.05) is 5.41 Å². The number of hydrogen-bond acceptors (Lipinski definition) is 2. The Hall–Kier alpha value is -0.530. The summed E-state index contributed by atoms with van der Waals surface area (Å²) in [6.07, 6.45) is 3.39. The Balaban J connectivity index is 2.82. The highest BCUT2D eigenvalue weighted by Gasteiger charge is 2.34. The first kappa shape index (κ1) is 8.57. The van der Waals surface area contributed by atoms with Gasteiger partial charge >= 0.3 is 0 Å². The van der Waals surface area contributed by atoms with E-state index in [4.69, 9.17) is 5.21 Å². The van der Waals surface area contributed by atoms with Crippen molar-refractivity contribution < 1.29 is 5.21 Å². The maximum absolute atomic E-state index is 8.73. The van der Waals surface area contributed by atoms with Gasteiger partial charge in [0.15, 0.2) is 0 Å². The zero-order valence-corrected chi connectivity index (χ0v) is 7.59. The van der Waals surface area contributed by atoms with E-state index in [0.29, 0.717) is 5.92 Å². The molecule has 1 rings (SSSR count). The Morgan fingerprint density at radius 2 is 2.18 bits per heavy atom. The zero-order chi connectivity index (χ0) is 8.48. The van der Waals surface area contributed by atoms with Crippen molar-refractivity contribution in [1.82, 2.24) is 0 Å². The molecule has 0 aromatic heterocycles. The van der Waals surface area contributed by atoms with Gasteiger partial charge in [-0.05, 0) is 25.2 Å². The van der Waals surface area contributed by atoms with Crippen molar-refractivity contribution in [2.75, 3.05) is 0 Å². The van der Waals surface area contributed by atoms with Crippen LogP contribution in [0.4, 0.5) is 0 Å². The second-order valence-corrected chi connectivity index (χ2v) is 4.06. The molecule has 0 radical (unpaired) electrons. The van der Waals surface area contributed by atoms with Crippen LogP contribution in [-0.4, -0.2) is 10.9 Å². The molecule has 1 saturated carbocycles. The summed E-state index contributed by atoms with van der Waals surface area (Å²) in [5.41, 5.74) is 1.07. The third kappa shape index (κ3) is 1.39. The highest BCUT2D eigenvalue weighted by atomic mass is 16.4. The maximum Gasteiger partial charge on any atom is 0.0629 e. The zero-order valence-electron chi connectivity index (χ0n) is 7.59. The first-order valence-corrected chi connectivity index (χ1v) is 4.30. The summed E-state index contributed by atoms with van der Waals surface area (Å²) in [6.45, 7) is 6.54. The molecule has 0 heterocycles. The highest BCUT2D eigenvalue weighted by Crippen LogP contribution is 2.37. The van der Waals surface area contributed by atoms with Gasteiger partial charge in [0.25, 0.3) is 0 Å². The first-order chi connectivity index (χ1) is 5.09. The molecular formula is C9H17NO. The largest absolute Gasteiger partial charge is 0.411 e. The van der Waals surface area contributed by atoms with Crippen LogP contribution in [0.1, 0.15) is 40.0 Å². The molecular weight excluding hydrogens is 138 g/mol. The fourth-order valence-corrected chi connectivity index (χ4v) is 1.72. The standard InChI is InChI=1S/C9H17NO/c1-7-5-4-6-8(10-11)9(7,2)3/h7,11H,4-6H2,1-3H3. The van der Waals surface area contributed by atoms with Crippen LogP contribution < -0.4 is 0 Å². The van der Waals surface area contributed by atoms with E-state index in [9.17, 15) is 0 Å². The van der Waals surface area contributed by atoms with Gasteiger partial charge in [-0.2, -0.15) is 0 Å². The first-order valence-electron chi connectivity index (χ1n) is 4.30. The second-order valence-electron chi connectivity index (χ2n) is 4.06. The normalized spacial score (nSPS) is 34.1. The Bertz CT molecular complexity index is 172. The lowest BCUT2D eigenvalue weighted by atomic mass is 9.68. The van der Waals surface area contributed by atoms with Crippen LogP contribution >= 0.6 is 0 Å². The number of nitrogens with zero attached hydrogens (tertiary/aromatic N) is 1. The molecule has 0 spiro atoms. The van der Waals surface area contributed by atoms with E-state index >= 15 is 0 Å². The van der Waals surface area contributed by atoms with Crippen LogP contribution in [0.15, 0.2) is 5.16 Å². The minimum Gasteiger partial charge on any atom is -0.411 e. The van der Waals surface area contributed by atoms with Crippen LogP contribution in [0.25, 0.3) is 0 Å². The molecule has 2 nitrogen and oxygen atoms in total. The summed E-state index contributed by atoms with van der Waals surface area (Å²) < 4.78 is 0. The van der Waals surface area contributed by atoms with E-state index in [1.54, 1.807) is 0 Å². The lowest BCUT2D eigenvalue weighted by molar-refractivity contribution is 0.252. The predicted molar refractivity (Wildman–Crippen MR) is 46.0 cm³/mol. The van der Waals surface area contributed by atoms with Crippen molar-refractivity contribution in [3.8, 4) is 0 Å². The fourth-order valence-electron chi connectivity index (χ4n) is 1.72. The van der Waals surface area contributed by atoms with Gasteiger partial charge < -0.3 is 5.21 Å². The number of oxime groups is 1. The van der Waals surface area contributed by atoms with Crippen molar-refractivity contribution in [3.05, 3.63) is 0 Å². The Labute approximate surface area is 68.3 Å². The topological polar surface area (TPSA) is 32.6 Å². The minimum absolute atomic E-state index is 0.104. The Kier molecular flexibility index (Phi) is 2.21. The minimum atomic E-state index is 0.104. The number of rotatable bonds is 0. The van der Waals surface area contributed by atoms with E-state index in [-0.39, 0.29) is 5.41 Å². The lowest BCUT2D eigenvalue weighted by Gasteiger charge is -2.36. The SMILES string of the molecule is CC1CCCC(=NO)C1(C)C. The smallest absolute Gasteiger partial charge is 0.0629 e. The quantitative estimate of drug-likeness (QED) is 0.423. The van der Waals surface area contributed by atoms with E-state index in [1.807, 2.05) is 0 Å². The molecule has 0 aliphatic heterocycles. The van der Waals surface area contributed by atoms with Gasteiger partial charge in [-0.25, -0.2) is 0 Å². The Morgan fingerprint density at radius 1 is 1.55 bits per heavy atom. The second kappa shape index (κ2) is 2.84. The van der Waals surface area contributed by atoms with E-state index < -0.39 is 0 Å². The average molecular weight is 155 g/mol. The molecule has 1 aliphatic rings. The van der Waals surface area contributed by atoms with E-state index in [0.717, 1.165) is 12.1 Å². The van der Waals surface area contributed by atoms with Gasteiger partial charge in [0.05, 0.1) is 5.71 Å². The molecule has 0 saturated heterocycles. The molecule has 64 valence electrons. The van der Waals surface area contributed by atoms with Crippen LogP contribution in [0.5, 0.6) is 0 Å². The van der Waals surface area contributed by atoms with Crippen molar-refractivity contribution in [2.24, 2.45) is 16.5 Å². The molecule has 1 fully saturated rings. The van der Waals surface area contributed by atoms with Gasteiger partial charge in [0.1, 0.15) is 0 Å². The third-order valence-corrected chi connectivity index (χ3v) is 3.15. The van der Waals surface area contributed by atoms with E-state index in [2.05, 4.69) is 25.9 Å². The molecule has 1 unspecified atom stereocenters. The van der Waals surface area contributed by atoms with Gasteiger partial charge in [-0.1, -0.05) is 25.9 Å². The summed E-state index contributed by atoms with van der Waals surface area (Å²) in [4.78, 5) is 0. The Morgan fingerprint density at radius 3 is 2.64 bits per heavy atom. The summed E-state index contributed by atoms with van der Waals surface area (Å²) in [6, 6.07) is 0. The van der Waals surface area contributed by atoms with Crippen molar-refractivity contribution in [1.29, 1.82) is 0 Å². The van der Waals surface area contributed by atoms with Crippen LogP contribution in [-0.2, 0) is 0 Å². The summed E-state index contributed by atoms with van der Waals surface area (Å²) in [5.74, 6) is 0.641. The van der Waals surface area contributed by atoms with Crippen molar-refractivity contribution >= 4 is 5.71 Å². The molecule has 0 aromatic carbocycles. The third-order valence-electron chi connectivity index (χ3n) is 3.15. The monoisotopic (exact) mass is 155 g/mol. The van der Waals surface area contributed by atoms with Gasteiger partial charge in [-0.15, -0.1) is 0 Å². The molecule has 1 atom stereocenters. The molecule has 2 heteroatoms. The van der Waals surface area contributed by atoms with Gasteiger partial charge in [0.2, 0.25) is 0 Å². The van der Waals surface area contributed by atoms with Crippen LogP contribution in [0.3, 0.4) is 0 Å². The average Bonchev–Trinajstić information content (AvgIpc) is 1.95. The molecule has 11 heavy (non-hydrogen) atoms. The van der Waals surface area contributed by atoms with Gasteiger partial charge in [-0.3, -0.25) is 0 Å². The van der Waals surface area contributed by atoms with Crippen LogP contribution in [0.2, 0.25) is 0 Å². The predicted octanol–water partition coefficient (Wildman–Crippen LogP) is 2.66. The summed E-state index contributed by atoms with van der Waals surface area (Å²) in [5, 5.41) is 12.1. The molecule has 0 aromatic rings. The molecule has 1 aliphatic carbocycles. The lowest BCUT2D eigenvalue weighted by Crippen LogP contribution is -2.35.